The van der Waals surface area contributed by atoms with Crippen LogP contribution in [-0.2, 0) is 4.74 Å². The van der Waals surface area contributed by atoms with Crippen molar-refractivity contribution in [3.05, 3.63) is 142 Å². The van der Waals surface area contributed by atoms with Crippen molar-refractivity contribution in [3.63, 3.8) is 0 Å². The highest BCUT2D eigenvalue weighted by molar-refractivity contribution is 7.68. The van der Waals surface area contributed by atoms with Gasteiger partial charge in [-0.25, -0.2) is 11.5 Å². The summed E-state index contributed by atoms with van der Waals surface area (Å²) in [6, 6.07) is 27.7. The van der Waals surface area contributed by atoms with Gasteiger partial charge in [0.05, 0.1) is 0 Å². The van der Waals surface area contributed by atoms with E-state index in [1.165, 1.54) is 80.1 Å². The quantitative estimate of drug-likeness (QED) is 0.117. The molecule has 0 N–H and O–H groups in total. The van der Waals surface area contributed by atoms with Gasteiger partial charge in [0.1, 0.15) is 0 Å². The highest BCUT2D eigenvalue weighted by Gasteiger charge is 2.56. The Hall–Kier alpha value is -4.00. The summed E-state index contributed by atoms with van der Waals surface area (Å²) in [4.78, 5) is 10.3. The van der Waals surface area contributed by atoms with Crippen molar-refractivity contribution in [2.75, 3.05) is 32.5 Å². The fourth-order valence-electron chi connectivity index (χ4n) is 10.3. The van der Waals surface area contributed by atoms with E-state index in [1.54, 1.807) is 0 Å². The molecule has 0 spiro atoms. The summed E-state index contributed by atoms with van der Waals surface area (Å²) in [6.07, 6.45) is 11.9. The van der Waals surface area contributed by atoms with Gasteiger partial charge < -0.3 is 24.0 Å². The molecule has 1 fully saturated rings. The molecular formula is C56H80B3ClN4O. The van der Waals surface area contributed by atoms with Crippen molar-refractivity contribution in [3.8, 4) is 0 Å². The van der Waals surface area contributed by atoms with Gasteiger partial charge in [-0.05, 0) is 105 Å². The lowest BCUT2D eigenvalue weighted by molar-refractivity contribution is 0.198. The van der Waals surface area contributed by atoms with Gasteiger partial charge in [-0.2, -0.15) is 0 Å². The van der Waals surface area contributed by atoms with Crippen molar-refractivity contribution in [2.45, 2.75) is 171 Å². The number of ether oxygens (including phenoxy) is 1. The molecule has 0 amide bonds. The smallest absolute Gasteiger partial charge is 0.357 e. The third kappa shape index (κ3) is 10.4. The monoisotopic (exact) mass is 893 g/mol. The molecule has 3 heterocycles. The van der Waals surface area contributed by atoms with Gasteiger partial charge in [0.2, 0.25) is 0 Å². The first-order valence-electron chi connectivity index (χ1n) is 25.1. The summed E-state index contributed by atoms with van der Waals surface area (Å²) in [5.41, 5.74) is 15.9. The average molecular weight is 893 g/mol. The molecule has 1 saturated heterocycles. The van der Waals surface area contributed by atoms with Crippen LogP contribution in [-0.4, -0.2) is 32.9 Å². The summed E-state index contributed by atoms with van der Waals surface area (Å²) in [5, 5.41) is 0. The van der Waals surface area contributed by atoms with Crippen LogP contribution < -0.4 is 19.2 Å². The Balaban J connectivity index is 0.00000131. The molecule has 3 aliphatic heterocycles. The third-order valence-corrected chi connectivity index (χ3v) is 14.2. The van der Waals surface area contributed by atoms with Crippen LogP contribution in [0.3, 0.4) is 0 Å². The Morgan fingerprint density at radius 2 is 0.554 bits per heavy atom. The Labute approximate surface area is 402 Å². The van der Waals surface area contributed by atoms with Crippen molar-refractivity contribution >= 4 is 53.9 Å². The summed E-state index contributed by atoms with van der Waals surface area (Å²) < 4.78 is 4.94. The van der Waals surface area contributed by atoms with E-state index in [0.29, 0.717) is 47.3 Å². The Morgan fingerprint density at radius 3 is 0.692 bits per heavy atom. The van der Waals surface area contributed by atoms with Gasteiger partial charge in [-0.15, -0.1) is 0 Å². The standard InChI is InChI=1S/C52H72B3ClN4.C4H8O/c1-33(2)41-21-17-22-42(34(3)4)49(41)57-29-30-58(50-43(35(5)6)23-18-24-44(50)36(7)8)54(57)53(56)55-59(51-45(37(9)10)25-19-26-46(51)38(11)12)31-32-60(55)52-47(39(13)14)27-20-28-48(52)40(15)16;1-2-4-5-3-1/h17-40H,1-16H3;1-4H2. The van der Waals surface area contributed by atoms with Gasteiger partial charge in [-0.3, -0.25) is 0 Å². The predicted octanol–water partition coefficient (Wildman–Crippen LogP) is 16.1. The predicted molar refractivity (Wildman–Crippen MR) is 290 cm³/mol. The minimum absolute atomic E-state index is 0.265. The number of anilines is 4. The molecule has 4 aromatic carbocycles. The van der Waals surface area contributed by atoms with Gasteiger partial charge in [0.15, 0.2) is 0 Å². The van der Waals surface area contributed by atoms with Crippen LogP contribution in [0.5, 0.6) is 0 Å². The fourth-order valence-corrected chi connectivity index (χ4v) is 10.7. The minimum atomic E-state index is -0.434. The van der Waals surface area contributed by atoms with E-state index >= 15 is 0 Å². The van der Waals surface area contributed by atoms with Crippen LogP contribution in [0.15, 0.2) is 97.6 Å². The van der Waals surface area contributed by atoms with Crippen LogP contribution in [0.4, 0.5) is 22.7 Å². The maximum atomic E-state index is 8.68. The number of hydrogen-bond acceptors (Lipinski definition) is 5. The van der Waals surface area contributed by atoms with E-state index < -0.39 is 5.91 Å². The van der Waals surface area contributed by atoms with E-state index in [4.69, 9.17) is 16.2 Å². The SMILES string of the molecule is C1CCOC1.CC(C)c1cccc(C(C)C)c1N1C=CN(c2c(C(C)C)cccc2C(C)C)B1B(Cl)B1N(c2c(C(C)C)cccc2C(C)C)C=CN1c1c(C(C)C)cccc1C(C)C. The molecule has 0 unspecified atom stereocenters. The van der Waals surface area contributed by atoms with E-state index in [1.807, 2.05) is 0 Å². The number of halogens is 1. The van der Waals surface area contributed by atoms with Crippen molar-refractivity contribution in [1.82, 2.24) is 0 Å². The molecule has 0 aliphatic carbocycles. The first-order valence-corrected chi connectivity index (χ1v) is 25.5. The fraction of sp³-hybridized carbons (Fsp3) is 0.500. The first kappa shape index (κ1) is 50.4. The molecule has 0 aromatic heterocycles. The van der Waals surface area contributed by atoms with Crippen LogP contribution in [0.1, 0.15) is 215 Å². The topological polar surface area (TPSA) is 22.2 Å². The minimum Gasteiger partial charge on any atom is -0.381 e. The van der Waals surface area contributed by atoms with Crippen molar-refractivity contribution < 1.29 is 4.74 Å². The van der Waals surface area contributed by atoms with E-state index in [-0.39, 0.29) is 13.7 Å². The number of rotatable bonds is 14. The highest BCUT2D eigenvalue weighted by Crippen LogP contribution is 2.47. The molecule has 7 rings (SSSR count). The van der Waals surface area contributed by atoms with E-state index in [9.17, 15) is 0 Å². The Kier molecular flexibility index (Phi) is 16.9. The number of benzene rings is 4. The molecule has 65 heavy (non-hydrogen) atoms. The van der Waals surface area contributed by atoms with Crippen LogP contribution in [0.2, 0.25) is 0 Å². The molecule has 0 bridgehead atoms. The first-order chi connectivity index (χ1) is 30.9. The maximum Gasteiger partial charge on any atom is 0.357 e. The van der Waals surface area contributed by atoms with Crippen molar-refractivity contribution in [1.29, 1.82) is 0 Å². The van der Waals surface area contributed by atoms with Crippen LogP contribution in [0.25, 0.3) is 0 Å². The lowest BCUT2D eigenvalue weighted by Crippen LogP contribution is -2.67. The van der Waals surface area contributed by atoms with Crippen LogP contribution in [0, 0.1) is 0 Å². The zero-order valence-electron chi connectivity index (χ0n) is 43.0. The molecule has 0 radical (unpaired) electrons. The molecule has 4 aromatic rings. The maximum absolute atomic E-state index is 8.68. The summed E-state index contributed by atoms with van der Waals surface area (Å²) in [7, 11) is 0. The summed E-state index contributed by atoms with van der Waals surface area (Å²) in [5.74, 6) is 2.15. The van der Waals surface area contributed by atoms with Crippen LogP contribution >= 0.6 is 11.5 Å². The lowest BCUT2D eigenvalue weighted by atomic mass is 9.12. The number of para-hydroxylation sites is 4. The lowest BCUT2D eigenvalue weighted by Gasteiger charge is -2.42. The number of nitrogens with zero attached hydrogens (tertiary/aromatic N) is 4. The van der Waals surface area contributed by atoms with Gasteiger partial charge in [-0.1, -0.05) is 184 Å². The van der Waals surface area contributed by atoms with Gasteiger partial charge in [0, 0.05) is 60.8 Å². The second-order valence-electron chi connectivity index (χ2n) is 21.2. The van der Waals surface area contributed by atoms with E-state index in [0.717, 1.165) is 13.2 Å². The molecule has 0 saturated carbocycles. The molecule has 3 aliphatic rings. The third-order valence-electron chi connectivity index (χ3n) is 13.7. The number of hydrogen-bond donors (Lipinski definition) is 0. The highest BCUT2D eigenvalue weighted by atomic mass is 35.5. The average Bonchev–Trinajstić information content (AvgIpc) is 4.08. The summed E-state index contributed by atoms with van der Waals surface area (Å²) >= 11 is 8.68. The van der Waals surface area contributed by atoms with E-state index in [2.05, 4.69) is 228 Å². The van der Waals surface area contributed by atoms with Gasteiger partial charge >= 0.3 is 19.7 Å². The molecular weight excluding hydrogens is 813 g/mol. The normalized spacial score (nSPS) is 15.3. The molecule has 5 nitrogen and oxygen atoms in total. The zero-order valence-corrected chi connectivity index (χ0v) is 43.7. The Bertz CT molecular complexity index is 1870. The van der Waals surface area contributed by atoms with Crippen molar-refractivity contribution in [2.24, 2.45) is 0 Å². The largest absolute Gasteiger partial charge is 0.381 e. The summed E-state index contributed by atoms with van der Waals surface area (Å²) in [6.45, 7) is 38.7. The molecule has 346 valence electrons. The Morgan fingerprint density at radius 1 is 0.369 bits per heavy atom. The second kappa shape index (κ2) is 21.8. The molecule has 0 atom stereocenters. The molecule has 9 heteroatoms. The van der Waals surface area contributed by atoms with Gasteiger partial charge in [0.25, 0.3) is 0 Å². The zero-order chi connectivity index (χ0) is 47.4. The second-order valence-corrected chi connectivity index (χ2v) is 21.7.